The molecule has 4 aromatic rings. The predicted octanol–water partition coefficient (Wildman–Crippen LogP) is 4.91. The van der Waals surface area contributed by atoms with Gasteiger partial charge in [-0.05, 0) is 29.8 Å². The van der Waals surface area contributed by atoms with E-state index in [9.17, 15) is 9.18 Å². The number of carbonyl (C=O) groups is 1. The maximum atomic E-state index is 14.0. The van der Waals surface area contributed by atoms with Crippen molar-refractivity contribution in [2.75, 3.05) is 14.1 Å². The summed E-state index contributed by atoms with van der Waals surface area (Å²) < 4.78 is 21.6. The van der Waals surface area contributed by atoms with Crippen LogP contribution in [0, 0.1) is 5.82 Å². The highest BCUT2D eigenvalue weighted by Gasteiger charge is 2.27. The largest absolute Gasteiger partial charge is 0.483 e. The molecule has 0 spiro atoms. The first kappa shape index (κ1) is 22.5. The van der Waals surface area contributed by atoms with E-state index in [0.29, 0.717) is 11.0 Å². The first-order chi connectivity index (χ1) is 16.0. The topological polar surface area (TPSA) is 60.3 Å². The van der Waals surface area contributed by atoms with Gasteiger partial charge in [0, 0.05) is 19.8 Å². The number of carbonyl (C=O) groups excluding carboxylic acids is 1. The summed E-state index contributed by atoms with van der Waals surface area (Å²) in [6, 6.07) is 25.4. The predicted molar refractivity (Wildman–Crippen MR) is 126 cm³/mol. The smallest absolute Gasteiger partial charge is 0.240 e. The molecule has 0 aliphatic carbocycles. The van der Waals surface area contributed by atoms with E-state index in [1.54, 1.807) is 37.2 Å². The van der Waals surface area contributed by atoms with E-state index in [0.717, 1.165) is 11.3 Å². The van der Waals surface area contributed by atoms with Crippen LogP contribution in [0.25, 0.3) is 5.69 Å². The minimum atomic E-state index is -0.506. The quantitative estimate of drug-likeness (QED) is 0.348. The second-order valence-electron chi connectivity index (χ2n) is 7.43. The Labute approximate surface area is 196 Å². The molecule has 0 aliphatic rings. The molecular weight excluding hydrogens is 439 g/mol. The SMILES string of the molecule is CN(C)C(=O)C(Sc1nnc(COc2ccccc2F)n1-c1ccccc1)c1ccccc1. The van der Waals surface area contributed by atoms with Crippen molar-refractivity contribution in [2.24, 2.45) is 0 Å². The van der Waals surface area contributed by atoms with Crippen molar-refractivity contribution in [1.82, 2.24) is 19.7 Å². The Bertz CT molecular complexity index is 1220. The third-order valence-electron chi connectivity index (χ3n) is 4.90. The molecule has 6 nitrogen and oxygen atoms in total. The van der Waals surface area contributed by atoms with Crippen LogP contribution in [-0.4, -0.2) is 39.7 Å². The fourth-order valence-corrected chi connectivity index (χ4v) is 4.46. The highest BCUT2D eigenvalue weighted by atomic mass is 32.2. The zero-order valence-corrected chi connectivity index (χ0v) is 19.1. The number of ether oxygens (including phenoxy) is 1. The number of hydrogen-bond donors (Lipinski definition) is 0. The Balaban J connectivity index is 1.70. The lowest BCUT2D eigenvalue weighted by atomic mass is 10.1. The maximum Gasteiger partial charge on any atom is 0.240 e. The molecule has 8 heteroatoms. The van der Waals surface area contributed by atoms with Crippen LogP contribution in [0.2, 0.25) is 0 Å². The van der Waals surface area contributed by atoms with Gasteiger partial charge in [-0.1, -0.05) is 72.4 Å². The molecule has 1 heterocycles. The number of likely N-dealkylation sites (N-methyl/N-ethyl adjacent to an activating group) is 1. The standard InChI is InChI=1S/C25H23FN4O2S/c1-29(2)24(31)23(18-11-5-3-6-12-18)33-25-28-27-22(30(25)19-13-7-4-8-14-19)17-32-21-16-10-9-15-20(21)26/h3-16,23H,17H2,1-2H3. The first-order valence-corrected chi connectivity index (χ1v) is 11.2. The minimum absolute atomic E-state index is 0.0149. The maximum absolute atomic E-state index is 14.0. The number of rotatable bonds is 8. The van der Waals surface area contributed by atoms with Crippen LogP contribution < -0.4 is 4.74 Å². The molecule has 168 valence electrons. The second kappa shape index (κ2) is 10.3. The van der Waals surface area contributed by atoms with E-state index in [-0.39, 0.29) is 18.3 Å². The van der Waals surface area contributed by atoms with Crippen molar-refractivity contribution in [1.29, 1.82) is 0 Å². The van der Waals surface area contributed by atoms with Crippen molar-refractivity contribution < 1.29 is 13.9 Å². The fraction of sp³-hybridized carbons (Fsp3) is 0.160. The van der Waals surface area contributed by atoms with Gasteiger partial charge < -0.3 is 9.64 Å². The van der Waals surface area contributed by atoms with Crippen LogP contribution in [0.3, 0.4) is 0 Å². The third-order valence-corrected chi connectivity index (χ3v) is 6.08. The molecule has 3 aromatic carbocycles. The molecule has 4 rings (SSSR count). The number of halogens is 1. The molecule has 0 radical (unpaired) electrons. The number of amides is 1. The Hall–Kier alpha value is -3.65. The van der Waals surface area contributed by atoms with E-state index < -0.39 is 11.1 Å². The van der Waals surface area contributed by atoms with E-state index in [1.165, 1.54) is 17.8 Å². The van der Waals surface area contributed by atoms with Gasteiger partial charge >= 0.3 is 0 Å². The lowest BCUT2D eigenvalue weighted by Gasteiger charge is -2.20. The average Bonchev–Trinajstić information content (AvgIpc) is 3.25. The van der Waals surface area contributed by atoms with Gasteiger partial charge in [0.25, 0.3) is 0 Å². The number of thioether (sulfide) groups is 1. The van der Waals surface area contributed by atoms with Crippen molar-refractivity contribution in [3.63, 3.8) is 0 Å². The van der Waals surface area contributed by atoms with Crippen LogP contribution in [0.4, 0.5) is 4.39 Å². The minimum Gasteiger partial charge on any atom is -0.483 e. The van der Waals surface area contributed by atoms with E-state index in [1.807, 2.05) is 65.2 Å². The highest BCUT2D eigenvalue weighted by molar-refractivity contribution is 8.00. The van der Waals surface area contributed by atoms with Gasteiger partial charge in [0.15, 0.2) is 22.5 Å². The van der Waals surface area contributed by atoms with Crippen LogP contribution >= 0.6 is 11.8 Å². The molecule has 1 atom stereocenters. The van der Waals surface area contributed by atoms with Gasteiger partial charge in [0.05, 0.1) is 0 Å². The Morgan fingerprint density at radius 2 is 1.61 bits per heavy atom. The fourth-order valence-electron chi connectivity index (χ4n) is 3.24. The lowest BCUT2D eigenvalue weighted by Crippen LogP contribution is -2.27. The Morgan fingerprint density at radius 3 is 2.27 bits per heavy atom. The van der Waals surface area contributed by atoms with Gasteiger partial charge in [0.2, 0.25) is 5.91 Å². The number of hydrogen-bond acceptors (Lipinski definition) is 5. The molecule has 1 unspecified atom stereocenters. The average molecular weight is 463 g/mol. The van der Waals surface area contributed by atoms with Gasteiger partial charge in [-0.3, -0.25) is 9.36 Å². The zero-order chi connectivity index (χ0) is 23.2. The summed E-state index contributed by atoms with van der Waals surface area (Å²) in [5.41, 5.74) is 1.69. The molecule has 0 N–H and O–H groups in total. The van der Waals surface area contributed by atoms with Crippen molar-refractivity contribution in [3.05, 3.63) is 102 Å². The molecule has 0 saturated heterocycles. The van der Waals surface area contributed by atoms with Crippen molar-refractivity contribution >= 4 is 17.7 Å². The number of benzene rings is 3. The van der Waals surface area contributed by atoms with Gasteiger partial charge in [-0.15, -0.1) is 10.2 Å². The van der Waals surface area contributed by atoms with Gasteiger partial charge in [-0.2, -0.15) is 0 Å². The van der Waals surface area contributed by atoms with Gasteiger partial charge in [-0.25, -0.2) is 4.39 Å². The van der Waals surface area contributed by atoms with Crippen LogP contribution in [0.5, 0.6) is 5.75 Å². The van der Waals surface area contributed by atoms with E-state index in [2.05, 4.69) is 10.2 Å². The summed E-state index contributed by atoms with van der Waals surface area (Å²) >= 11 is 1.31. The van der Waals surface area contributed by atoms with Crippen LogP contribution in [0.1, 0.15) is 16.6 Å². The molecule has 0 bridgehead atoms. The monoisotopic (exact) mass is 462 g/mol. The number of para-hydroxylation sites is 2. The lowest BCUT2D eigenvalue weighted by molar-refractivity contribution is -0.128. The number of aromatic nitrogens is 3. The molecule has 33 heavy (non-hydrogen) atoms. The summed E-state index contributed by atoms with van der Waals surface area (Å²) in [6.45, 7) is 0.0149. The van der Waals surface area contributed by atoms with Crippen molar-refractivity contribution in [3.8, 4) is 11.4 Å². The summed E-state index contributed by atoms with van der Waals surface area (Å²) in [5, 5.41) is 8.71. The summed E-state index contributed by atoms with van der Waals surface area (Å²) in [5.74, 6) is 0.131. The van der Waals surface area contributed by atoms with E-state index >= 15 is 0 Å². The Morgan fingerprint density at radius 1 is 0.970 bits per heavy atom. The Kier molecular flexibility index (Phi) is 7.04. The molecular formula is C25H23FN4O2S. The summed E-state index contributed by atoms with van der Waals surface area (Å²) in [6.07, 6.45) is 0. The van der Waals surface area contributed by atoms with Crippen molar-refractivity contribution in [2.45, 2.75) is 17.0 Å². The third kappa shape index (κ3) is 5.23. The molecule has 0 fully saturated rings. The van der Waals surface area contributed by atoms with Crippen LogP contribution in [0.15, 0.2) is 90.1 Å². The number of nitrogens with zero attached hydrogens (tertiary/aromatic N) is 4. The van der Waals surface area contributed by atoms with E-state index in [4.69, 9.17) is 4.74 Å². The molecule has 0 saturated carbocycles. The first-order valence-electron chi connectivity index (χ1n) is 10.3. The molecule has 1 amide bonds. The van der Waals surface area contributed by atoms with Gasteiger partial charge in [0.1, 0.15) is 11.9 Å². The summed E-state index contributed by atoms with van der Waals surface area (Å²) in [7, 11) is 3.46. The second-order valence-corrected chi connectivity index (χ2v) is 8.50. The zero-order valence-electron chi connectivity index (χ0n) is 18.3. The highest BCUT2D eigenvalue weighted by Crippen LogP contribution is 2.37. The molecule has 1 aromatic heterocycles. The molecule has 0 aliphatic heterocycles. The van der Waals surface area contributed by atoms with Crippen LogP contribution in [-0.2, 0) is 11.4 Å². The summed E-state index contributed by atoms with van der Waals surface area (Å²) in [4.78, 5) is 14.6. The normalized spacial score (nSPS) is 11.7.